The van der Waals surface area contributed by atoms with Crippen LogP contribution >= 0.6 is 0 Å². The Labute approximate surface area is 104 Å². The SMILES string of the molecule is CC(C)=CCN1CCC(NC(CO)CO)CC1. The van der Waals surface area contributed by atoms with Gasteiger partial charge in [-0.2, -0.15) is 0 Å². The molecule has 0 aliphatic carbocycles. The summed E-state index contributed by atoms with van der Waals surface area (Å²) >= 11 is 0. The fourth-order valence-corrected chi connectivity index (χ4v) is 2.09. The van der Waals surface area contributed by atoms with Crippen molar-refractivity contribution in [3.8, 4) is 0 Å². The molecular weight excluding hydrogens is 216 g/mol. The van der Waals surface area contributed by atoms with E-state index < -0.39 is 0 Å². The van der Waals surface area contributed by atoms with Crippen molar-refractivity contribution < 1.29 is 10.2 Å². The number of nitrogens with one attached hydrogen (secondary N) is 1. The highest BCUT2D eigenvalue weighted by molar-refractivity contribution is 4.95. The lowest BCUT2D eigenvalue weighted by molar-refractivity contribution is 0.140. The molecule has 0 amide bonds. The Hall–Kier alpha value is -0.420. The molecule has 1 aliphatic rings. The van der Waals surface area contributed by atoms with E-state index in [1.807, 2.05) is 0 Å². The Bertz CT molecular complexity index is 228. The van der Waals surface area contributed by atoms with Crippen molar-refractivity contribution in [1.29, 1.82) is 0 Å². The summed E-state index contributed by atoms with van der Waals surface area (Å²) < 4.78 is 0. The maximum Gasteiger partial charge on any atom is 0.0607 e. The molecule has 17 heavy (non-hydrogen) atoms. The van der Waals surface area contributed by atoms with Crippen molar-refractivity contribution in [2.24, 2.45) is 0 Å². The third kappa shape index (κ3) is 5.64. The fourth-order valence-electron chi connectivity index (χ4n) is 2.09. The van der Waals surface area contributed by atoms with Gasteiger partial charge in [-0.15, -0.1) is 0 Å². The number of piperidine rings is 1. The molecule has 0 spiro atoms. The number of hydrogen-bond donors (Lipinski definition) is 3. The summed E-state index contributed by atoms with van der Waals surface area (Å²) in [6, 6.07) is 0.270. The molecule has 0 aromatic heterocycles. The van der Waals surface area contributed by atoms with Crippen LogP contribution in [0, 0.1) is 0 Å². The molecule has 1 heterocycles. The summed E-state index contributed by atoms with van der Waals surface area (Å²) in [6.45, 7) is 7.49. The molecule has 0 unspecified atom stereocenters. The van der Waals surface area contributed by atoms with Gasteiger partial charge in [0.15, 0.2) is 0 Å². The van der Waals surface area contributed by atoms with Gasteiger partial charge in [0.2, 0.25) is 0 Å². The van der Waals surface area contributed by atoms with Gasteiger partial charge in [-0.05, 0) is 39.8 Å². The molecule has 0 radical (unpaired) electrons. The number of likely N-dealkylation sites (tertiary alicyclic amines) is 1. The zero-order chi connectivity index (χ0) is 12.7. The number of allylic oxidation sites excluding steroid dienone is 1. The second-order valence-electron chi connectivity index (χ2n) is 5.09. The van der Waals surface area contributed by atoms with E-state index in [9.17, 15) is 0 Å². The first kappa shape index (κ1) is 14.6. The number of nitrogens with zero attached hydrogens (tertiary/aromatic N) is 1. The van der Waals surface area contributed by atoms with Gasteiger partial charge < -0.3 is 15.5 Å². The quantitative estimate of drug-likeness (QED) is 0.589. The van der Waals surface area contributed by atoms with Crippen molar-refractivity contribution in [3.63, 3.8) is 0 Å². The van der Waals surface area contributed by atoms with Gasteiger partial charge in [-0.3, -0.25) is 4.90 Å². The fraction of sp³-hybridized carbons (Fsp3) is 0.846. The Morgan fingerprint density at radius 1 is 1.29 bits per heavy atom. The van der Waals surface area contributed by atoms with E-state index in [-0.39, 0.29) is 19.3 Å². The van der Waals surface area contributed by atoms with Crippen molar-refractivity contribution >= 4 is 0 Å². The van der Waals surface area contributed by atoms with E-state index in [0.29, 0.717) is 6.04 Å². The molecule has 0 saturated carbocycles. The van der Waals surface area contributed by atoms with Gasteiger partial charge in [-0.25, -0.2) is 0 Å². The predicted octanol–water partition coefficient (Wildman–Crippen LogP) is 0.360. The first-order chi connectivity index (χ1) is 8.15. The number of rotatable bonds is 6. The minimum atomic E-state index is -0.163. The molecule has 4 nitrogen and oxygen atoms in total. The van der Waals surface area contributed by atoms with Gasteiger partial charge in [-0.1, -0.05) is 11.6 Å². The van der Waals surface area contributed by atoms with Crippen molar-refractivity contribution in [1.82, 2.24) is 10.2 Å². The minimum Gasteiger partial charge on any atom is -0.395 e. The van der Waals surface area contributed by atoms with Crippen LogP contribution in [0.3, 0.4) is 0 Å². The van der Waals surface area contributed by atoms with E-state index in [1.54, 1.807) is 0 Å². The molecule has 1 aliphatic heterocycles. The first-order valence-corrected chi connectivity index (χ1v) is 6.49. The molecular formula is C13H26N2O2. The van der Waals surface area contributed by atoms with E-state index in [2.05, 4.69) is 30.1 Å². The van der Waals surface area contributed by atoms with Crippen LogP contribution in [0.4, 0.5) is 0 Å². The molecule has 100 valence electrons. The Kier molecular flexibility index (Phi) is 6.73. The van der Waals surface area contributed by atoms with Crippen LogP contribution in [0.15, 0.2) is 11.6 Å². The summed E-state index contributed by atoms with van der Waals surface area (Å²) in [4.78, 5) is 2.44. The minimum absolute atomic E-state index is 0.00841. The molecule has 4 heteroatoms. The molecule has 0 bridgehead atoms. The summed E-state index contributed by atoms with van der Waals surface area (Å²) in [5.41, 5.74) is 1.37. The van der Waals surface area contributed by atoms with Crippen molar-refractivity contribution in [2.75, 3.05) is 32.8 Å². The second-order valence-corrected chi connectivity index (χ2v) is 5.09. The molecule has 1 fully saturated rings. The van der Waals surface area contributed by atoms with Gasteiger partial charge in [0, 0.05) is 12.6 Å². The Morgan fingerprint density at radius 2 is 1.88 bits per heavy atom. The lowest BCUT2D eigenvalue weighted by atomic mass is 10.0. The van der Waals surface area contributed by atoms with Crippen LogP contribution < -0.4 is 5.32 Å². The number of aliphatic hydroxyl groups excluding tert-OH is 2. The smallest absolute Gasteiger partial charge is 0.0607 e. The van der Waals surface area contributed by atoms with E-state index in [4.69, 9.17) is 10.2 Å². The third-order valence-electron chi connectivity index (χ3n) is 3.26. The Balaban J connectivity index is 2.23. The summed E-state index contributed by atoms with van der Waals surface area (Å²) in [5.74, 6) is 0. The largest absolute Gasteiger partial charge is 0.395 e. The molecule has 0 aromatic rings. The van der Waals surface area contributed by atoms with Gasteiger partial charge in [0.1, 0.15) is 0 Å². The molecule has 0 atom stereocenters. The van der Waals surface area contributed by atoms with E-state index in [0.717, 1.165) is 32.5 Å². The first-order valence-electron chi connectivity index (χ1n) is 6.49. The number of aliphatic hydroxyl groups is 2. The lowest BCUT2D eigenvalue weighted by Crippen LogP contribution is -2.48. The van der Waals surface area contributed by atoms with Crippen molar-refractivity contribution in [2.45, 2.75) is 38.8 Å². The van der Waals surface area contributed by atoms with Crippen LogP contribution in [0.5, 0.6) is 0 Å². The molecule has 1 rings (SSSR count). The monoisotopic (exact) mass is 242 g/mol. The summed E-state index contributed by atoms with van der Waals surface area (Å²) in [7, 11) is 0. The second kappa shape index (κ2) is 7.82. The maximum atomic E-state index is 9.01. The average Bonchev–Trinajstić information content (AvgIpc) is 2.34. The standard InChI is InChI=1S/C13H26N2O2/c1-11(2)3-6-15-7-4-12(5-8-15)14-13(9-16)10-17/h3,12-14,16-17H,4-10H2,1-2H3. The molecule has 3 N–H and O–H groups in total. The Morgan fingerprint density at radius 3 is 2.35 bits per heavy atom. The molecule has 0 aromatic carbocycles. The highest BCUT2D eigenvalue weighted by Gasteiger charge is 2.20. The van der Waals surface area contributed by atoms with E-state index >= 15 is 0 Å². The van der Waals surface area contributed by atoms with E-state index in [1.165, 1.54) is 5.57 Å². The van der Waals surface area contributed by atoms with Crippen LogP contribution in [-0.2, 0) is 0 Å². The van der Waals surface area contributed by atoms with Crippen LogP contribution in [0.2, 0.25) is 0 Å². The third-order valence-corrected chi connectivity index (χ3v) is 3.26. The van der Waals surface area contributed by atoms with Gasteiger partial charge in [0.25, 0.3) is 0 Å². The lowest BCUT2D eigenvalue weighted by Gasteiger charge is -2.33. The van der Waals surface area contributed by atoms with Crippen LogP contribution in [-0.4, -0.2) is 60.0 Å². The highest BCUT2D eigenvalue weighted by Crippen LogP contribution is 2.11. The van der Waals surface area contributed by atoms with Gasteiger partial charge >= 0.3 is 0 Å². The maximum absolute atomic E-state index is 9.01. The van der Waals surface area contributed by atoms with Gasteiger partial charge in [0.05, 0.1) is 19.3 Å². The zero-order valence-corrected chi connectivity index (χ0v) is 11.0. The normalized spacial score (nSPS) is 18.6. The van der Waals surface area contributed by atoms with Crippen LogP contribution in [0.1, 0.15) is 26.7 Å². The highest BCUT2D eigenvalue weighted by atomic mass is 16.3. The number of hydrogen-bond acceptors (Lipinski definition) is 4. The molecule has 1 saturated heterocycles. The summed E-state index contributed by atoms with van der Waals surface area (Å²) in [5, 5.41) is 21.3. The topological polar surface area (TPSA) is 55.7 Å². The average molecular weight is 242 g/mol. The van der Waals surface area contributed by atoms with Crippen LogP contribution in [0.25, 0.3) is 0 Å². The predicted molar refractivity (Wildman–Crippen MR) is 70.0 cm³/mol. The zero-order valence-electron chi connectivity index (χ0n) is 11.0. The summed E-state index contributed by atoms with van der Waals surface area (Å²) in [6.07, 6.45) is 4.44. The van der Waals surface area contributed by atoms with Crippen molar-refractivity contribution in [3.05, 3.63) is 11.6 Å².